The van der Waals surface area contributed by atoms with Gasteiger partial charge in [0.05, 0.1) is 18.1 Å². The summed E-state index contributed by atoms with van der Waals surface area (Å²) in [7, 11) is 0. The van der Waals surface area contributed by atoms with Crippen LogP contribution in [0.25, 0.3) is 6.08 Å². The largest absolute Gasteiger partial charge is 0.343 e. The lowest BCUT2D eigenvalue weighted by atomic mass is 10.3. The molecule has 4 heteroatoms. The highest BCUT2D eigenvalue weighted by Crippen LogP contribution is 2.34. The van der Waals surface area contributed by atoms with E-state index >= 15 is 0 Å². The molecule has 1 fully saturated rings. The minimum absolute atomic E-state index is 0.572. The number of ether oxygens (including phenoxy) is 2. The molecule has 0 aromatic carbocycles. The van der Waals surface area contributed by atoms with E-state index in [0.717, 1.165) is 9.88 Å². The molecular formula is C10H13NO2S. The average molecular weight is 211 g/mol. The first-order chi connectivity index (χ1) is 6.74. The third-order valence-electron chi connectivity index (χ3n) is 2.12. The summed E-state index contributed by atoms with van der Waals surface area (Å²) in [5.74, 6) is -0.572. The summed E-state index contributed by atoms with van der Waals surface area (Å²) in [5, 5.41) is 0.989. The van der Waals surface area contributed by atoms with E-state index in [2.05, 4.69) is 4.98 Å². The van der Waals surface area contributed by atoms with Gasteiger partial charge in [0.25, 0.3) is 0 Å². The van der Waals surface area contributed by atoms with Gasteiger partial charge in [0.2, 0.25) is 5.79 Å². The van der Waals surface area contributed by atoms with Crippen molar-refractivity contribution in [1.82, 2.24) is 4.98 Å². The van der Waals surface area contributed by atoms with Crippen molar-refractivity contribution in [1.29, 1.82) is 0 Å². The molecule has 0 atom stereocenters. The van der Waals surface area contributed by atoms with Crippen molar-refractivity contribution in [2.45, 2.75) is 19.6 Å². The molecule has 0 spiro atoms. The summed E-state index contributed by atoms with van der Waals surface area (Å²) in [6.07, 6.45) is 5.78. The SMILES string of the molecule is C/C=C/c1ncc(C2(C)OCCO2)s1. The van der Waals surface area contributed by atoms with Gasteiger partial charge in [-0.2, -0.15) is 0 Å². The standard InChI is InChI=1S/C10H13NO2S/c1-3-4-9-11-7-8(14-9)10(2)12-5-6-13-10/h3-4,7H,5-6H2,1-2H3/b4-3+. The van der Waals surface area contributed by atoms with E-state index < -0.39 is 5.79 Å². The molecule has 2 rings (SSSR count). The van der Waals surface area contributed by atoms with Gasteiger partial charge < -0.3 is 9.47 Å². The van der Waals surface area contributed by atoms with E-state index in [4.69, 9.17) is 9.47 Å². The second kappa shape index (κ2) is 3.81. The first kappa shape index (κ1) is 9.83. The van der Waals surface area contributed by atoms with Crippen molar-refractivity contribution in [3.05, 3.63) is 22.2 Å². The van der Waals surface area contributed by atoms with Crippen molar-refractivity contribution in [3.63, 3.8) is 0 Å². The van der Waals surface area contributed by atoms with Gasteiger partial charge in [-0.05, 0) is 19.9 Å². The molecular weight excluding hydrogens is 198 g/mol. The zero-order chi connectivity index (χ0) is 10.0. The Bertz CT molecular complexity index is 340. The summed E-state index contributed by atoms with van der Waals surface area (Å²) >= 11 is 1.61. The second-order valence-corrected chi connectivity index (χ2v) is 4.27. The van der Waals surface area contributed by atoms with Crippen LogP contribution in [-0.2, 0) is 15.3 Å². The fraction of sp³-hybridized carbons (Fsp3) is 0.500. The van der Waals surface area contributed by atoms with Gasteiger partial charge in [-0.1, -0.05) is 6.08 Å². The van der Waals surface area contributed by atoms with Crippen LogP contribution in [0.1, 0.15) is 23.7 Å². The Morgan fingerprint density at radius 3 is 2.86 bits per heavy atom. The maximum atomic E-state index is 5.54. The third-order valence-corrected chi connectivity index (χ3v) is 3.27. The van der Waals surface area contributed by atoms with E-state index in [1.54, 1.807) is 11.3 Å². The number of nitrogens with zero attached hydrogens (tertiary/aromatic N) is 1. The number of rotatable bonds is 2. The number of hydrogen-bond acceptors (Lipinski definition) is 4. The Morgan fingerprint density at radius 2 is 2.21 bits per heavy atom. The van der Waals surface area contributed by atoms with Gasteiger partial charge in [0.1, 0.15) is 5.01 Å². The van der Waals surface area contributed by atoms with Crippen LogP contribution >= 0.6 is 11.3 Å². The van der Waals surface area contributed by atoms with Crippen molar-refractivity contribution >= 4 is 17.4 Å². The van der Waals surface area contributed by atoms with Crippen molar-refractivity contribution in [2.24, 2.45) is 0 Å². The molecule has 0 amide bonds. The Labute approximate surface area is 87.4 Å². The zero-order valence-electron chi connectivity index (χ0n) is 8.32. The lowest BCUT2D eigenvalue weighted by Gasteiger charge is -2.19. The molecule has 0 radical (unpaired) electrons. The number of thiazole rings is 1. The molecule has 1 aliphatic rings. The van der Waals surface area contributed by atoms with Gasteiger partial charge in [-0.25, -0.2) is 4.98 Å². The molecule has 2 heterocycles. The van der Waals surface area contributed by atoms with Gasteiger partial charge in [0.15, 0.2) is 0 Å². The molecule has 1 aliphatic heterocycles. The van der Waals surface area contributed by atoms with Gasteiger partial charge >= 0.3 is 0 Å². The predicted octanol–water partition coefficient (Wildman–Crippen LogP) is 2.40. The topological polar surface area (TPSA) is 31.4 Å². The molecule has 0 N–H and O–H groups in total. The minimum atomic E-state index is -0.572. The summed E-state index contributed by atoms with van der Waals surface area (Å²) in [4.78, 5) is 5.30. The first-order valence-corrected chi connectivity index (χ1v) is 5.43. The van der Waals surface area contributed by atoms with Crippen LogP contribution < -0.4 is 0 Å². The zero-order valence-corrected chi connectivity index (χ0v) is 9.13. The predicted molar refractivity (Wildman–Crippen MR) is 56.1 cm³/mol. The molecule has 0 bridgehead atoms. The van der Waals surface area contributed by atoms with Crippen molar-refractivity contribution < 1.29 is 9.47 Å². The Balaban J connectivity index is 2.23. The maximum Gasteiger partial charge on any atom is 0.203 e. The van der Waals surface area contributed by atoms with E-state index in [9.17, 15) is 0 Å². The van der Waals surface area contributed by atoms with Crippen LogP contribution in [0, 0.1) is 0 Å². The molecule has 76 valence electrons. The second-order valence-electron chi connectivity index (χ2n) is 3.21. The highest BCUT2D eigenvalue weighted by atomic mass is 32.1. The summed E-state index contributed by atoms with van der Waals surface area (Å²) < 4.78 is 11.1. The number of hydrogen-bond donors (Lipinski definition) is 0. The number of aromatic nitrogens is 1. The highest BCUT2D eigenvalue weighted by molar-refractivity contribution is 7.12. The highest BCUT2D eigenvalue weighted by Gasteiger charge is 2.34. The van der Waals surface area contributed by atoms with Crippen LogP contribution in [0.15, 0.2) is 12.3 Å². The average Bonchev–Trinajstić information content (AvgIpc) is 2.75. The van der Waals surface area contributed by atoms with Gasteiger partial charge in [-0.3, -0.25) is 0 Å². The first-order valence-electron chi connectivity index (χ1n) is 4.61. The minimum Gasteiger partial charge on any atom is -0.343 e. The molecule has 0 unspecified atom stereocenters. The lowest BCUT2D eigenvalue weighted by molar-refractivity contribution is -0.147. The van der Waals surface area contributed by atoms with Crippen LogP contribution in [0.5, 0.6) is 0 Å². The summed E-state index contributed by atoms with van der Waals surface area (Å²) in [5.41, 5.74) is 0. The van der Waals surface area contributed by atoms with E-state index in [1.807, 2.05) is 32.2 Å². The fourth-order valence-corrected chi connectivity index (χ4v) is 2.32. The van der Waals surface area contributed by atoms with E-state index in [-0.39, 0.29) is 0 Å². The van der Waals surface area contributed by atoms with Crippen molar-refractivity contribution in [3.8, 4) is 0 Å². The maximum absolute atomic E-state index is 5.54. The van der Waals surface area contributed by atoms with E-state index in [1.165, 1.54) is 0 Å². The van der Waals surface area contributed by atoms with Crippen LogP contribution in [-0.4, -0.2) is 18.2 Å². The third kappa shape index (κ3) is 1.73. The molecule has 0 aliphatic carbocycles. The normalized spacial score (nSPS) is 20.7. The lowest BCUT2D eigenvalue weighted by Crippen LogP contribution is -2.20. The van der Waals surface area contributed by atoms with E-state index in [0.29, 0.717) is 13.2 Å². The monoisotopic (exact) mass is 211 g/mol. The van der Waals surface area contributed by atoms with Crippen LogP contribution in [0.4, 0.5) is 0 Å². The molecule has 0 saturated carbocycles. The van der Waals surface area contributed by atoms with Gasteiger partial charge in [0, 0.05) is 6.20 Å². The smallest absolute Gasteiger partial charge is 0.203 e. The molecule has 1 aromatic heterocycles. The molecule has 14 heavy (non-hydrogen) atoms. The Kier molecular flexibility index (Phi) is 2.67. The fourth-order valence-electron chi connectivity index (χ4n) is 1.37. The summed E-state index contributed by atoms with van der Waals surface area (Å²) in [6.45, 7) is 5.24. The Morgan fingerprint density at radius 1 is 1.50 bits per heavy atom. The Hall–Kier alpha value is -0.710. The molecule has 3 nitrogen and oxygen atoms in total. The van der Waals surface area contributed by atoms with Crippen LogP contribution in [0.2, 0.25) is 0 Å². The number of allylic oxidation sites excluding steroid dienone is 1. The molecule has 1 aromatic rings. The van der Waals surface area contributed by atoms with Crippen molar-refractivity contribution in [2.75, 3.05) is 13.2 Å². The van der Waals surface area contributed by atoms with Crippen LogP contribution in [0.3, 0.4) is 0 Å². The molecule has 1 saturated heterocycles. The van der Waals surface area contributed by atoms with Gasteiger partial charge in [-0.15, -0.1) is 11.3 Å². The quantitative estimate of drug-likeness (QED) is 0.752. The summed E-state index contributed by atoms with van der Waals surface area (Å²) in [6, 6.07) is 0.